The van der Waals surface area contributed by atoms with Crippen LogP contribution >= 0.6 is 0 Å². The van der Waals surface area contributed by atoms with Gasteiger partial charge in [0.25, 0.3) is 0 Å². The average Bonchev–Trinajstić information content (AvgIpc) is 2.52. The molecule has 2 heteroatoms. The van der Waals surface area contributed by atoms with Crippen LogP contribution in [-0.4, -0.2) is 9.67 Å². The van der Waals surface area contributed by atoms with Crippen LogP contribution in [-0.2, 0) is 7.05 Å². The molecule has 2 nitrogen and oxygen atoms in total. The molecule has 0 aliphatic heterocycles. The fraction of sp³-hybridized carbons (Fsp3) is 0.0909. The summed E-state index contributed by atoms with van der Waals surface area (Å²) >= 11 is 0. The number of aromatic nitrogens is 1. The van der Waals surface area contributed by atoms with E-state index in [-0.39, 0.29) is 0 Å². The molecule has 2 aromatic rings. The number of aromatic hydroxyl groups is 1. The highest BCUT2D eigenvalue weighted by Crippen LogP contribution is 2.27. The van der Waals surface area contributed by atoms with Gasteiger partial charge in [-0.2, -0.15) is 0 Å². The summed E-state index contributed by atoms with van der Waals surface area (Å²) in [5, 5.41) is 9.59. The summed E-state index contributed by atoms with van der Waals surface area (Å²) in [5.74, 6) is 0.323. The smallest absolute Gasteiger partial charge is 0.124 e. The van der Waals surface area contributed by atoms with Crippen LogP contribution in [0, 0.1) is 0 Å². The van der Waals surface area contributed by atoms with Gasteiger partial charge in [0.15, 0.2) is 0 Å². The summed E-state index contributed by atoms with van der Waals surface area (Å²) in [4.78, 5) is 0. The third-order valence-electron chi connectivity index (χ3n) is 2.12. The molecule has 66 valence electrons. The highest BCUT2D eigenvalue weighted by molar-refractivity contribution is 5.67. The molecular weight excluding hydrogens is 162 g/mol. The maximum Gasteiger partial charge on any atom is 0.124 e. The first-order valence-electron chi connectivity index (χ1n) is 4.19. The highest BCUT2D eigenvalue weighted by atomic mass is 16.3. The van der Waals surface area contributed by atoms with Crippen LogP contribution in [0.1, 0.15) is 0 Å². The molecule has 0 bridgehead atoms. The van der Waals surface area contributed by atoms with E-state index < -0.39 is 0 Å². The van der Waals surface area contributed by atoms with Crippen LogP contribution in [0.15, 0.2) is 42.6 Å². The Kier molecular flexibility index (Phi) is 1.81. The molecule has 1 heterocycles. The number of phenols is 1. The summed E-state index contributed by atoms with van der Waals surface area (Å²) in [7, 11) is 1.96. The van der Waals surface area contributed by atoms with Crippen molar-refractivity contribution in [1.29, 1.82) is 0 Å². The minimum atomic E-state index is 0.323. The Morgan fingerprint density at radius 3 is 2.46 bits per heavy atom. The van der Waals surface area contributed by atoms with E-state index in [0.717, 1.165) is 11.3 Å². The summed E-state index contributed by atoms with van der Waals surface area (Å²) < 4.78 is 1.98. The second-order valence-electron chi connectivity index (χ2n) is 3.02. The Bertz CT molecular complexity index is 418. The van der Waals surface area contributed by atoms with Gasteiger partial charge in [-0.05, 0) is 24.3 Å². The monoisotopic (exact) mass is 173 g/mol. The van der Waals surface area contributed by atoms with Gasteiger partial charge in [-0.3, -0.25) is 0 Å². The predicted octanol–water partition coefficient (Wildman–Crippen LogP) is 2.40. The lowest BCUT2D eigenvalue weighted by molar-refractivity contribution is 0.477. The standard InChI is InChI=1S/C11H11NO/c1-12-8-4-6-10(12)9-5-2-3-7-11(9)13/h2-8,13H,1H3. The maximum atomic E-state index is 9.59. The van der Waals surface area contributed by atoms with Gasteiger partial charge in [-0.25, -0.2) is 0 Å². The first-order chi connectivity index (χ1) is 6.29. The van der Waals surface area contributed by atoms with E-state index in [2.05, 4.69) is 0 Å². The van der Waals surface area contributed by atoms with Gasteiger partial charge in [0, 0.05) is 18.8 Å². The first-order valence-corrected chi connectivity index (χ1v) is 4.19. The second-order valence-corrected chi connectivity index (χ2v) is 3.02. The van der Waals surface area contributed by atoms with E-state index in [9.17, 15) is 5.11 Å². The molecule has 0 aliphatic rings. The van der Waals surface area contributed by atoms with Gasteiger partial charge in [0.2, 0.25) is 0 Å². The number of para-hydroxylation sites is 1. The zero-order valence-corrected chi connectivity index (χ0v) is 7.44. The molecule has 13 heavy (non-hydrogen) atoms. The van der Waals surface area contributed by atoms with Crippen LogP contribution in [0.2, 0.25) is 0 Å². The first kappa shape index (κ1) is 7.92. The van der Waals surface area contributed by atoms with Crippen molar-refractivity contribution in [3.63, 3.8) is 0 Å². The molecule has 0 aliphatic carbocycles. The van der Waals surface area contributed by atoms with Gasteiger partial charge in [-0.15, -0.1) is 0 Å². The van der Waals surface area contributed by atoms with Gasteiger partial charge >= 0.3 is 0 Å². The number of benzene rings is 1. The quantitative estimate of drug-likeness (QED) is 0.703. The number of phenolic OH excluding ortho intramolecular Hbond substituents is 1. The topological polar surface area (TPSA) is 25.2 Å². The molecule has 0 amide bonds. The largest absolute Gasteiger partial charge is 0.507 e. The number of aryl methyl sites for hydroxylation is 1. The molecule has 0 unspecified atom stereocenters. The van der Waals surface area contributed by atoms with Crippen molar-refractivity contribution in [3.8, 4) is 17.0 Å². The fourth-order valence-electron chi connectivity index (χ4n) is 1.43. The van der Waals surface area contributed by atoms with E-state index in [4.69, 9.17) is 0 Å². The summed E-state index contributed by atoms with van der Waals surface area (Å²) in [6.45, 7) is 0. The Hall–Kier alpha value is -1.70. The predicted molar refractivity (Wildman–Crippen MR) is 52.5 cm³/mol. The van der Waals surface area contributed by atoms with E-state index in [1.165, 1.54) is 0 Å². The van der Waals surface area contributed by atoms with Crippen LogP contribution in [0.4, 0.5) is 0 Å². The van der Waals surface area contributed by atoms with Crippen LogP contribution in [0.5, 0.6) is 5.75 Å². The third kappa shape index (κ3) is 1.31. The van der Waals surface area contributed by atoms with Crippen LogP contribution in [0.25, 0.3) is 11.3 Å². The minimum Gasteiger partial charge on any atom is -0.507 e. The van der Waals surface area contributed by atoms with Crippen molar-refractivity contribution in [2.24, 2.45) is 7.05 Å². The zero-order chi connectivity index (χ0) is 9.26. The highest BCUT2D eigenvalue weighted by Gasteiger charge is 2.04. The SMILES string of the molecule is Cn1cccc1-c1ccccc1O. The van der Waals surface area contributed by atoms with Gasteiger partial charge in [0.1, 0.15) is 5.75 Å². The Morgan fingerprint density at radius 1 is 1.08 bits per heavy atom. The van der Waals surface area contributed by atoms with Crippen LogP contribution in [0.3, 0.4) is 0 Å². The Labute approximate surface area is 77.1 Å². The Morgan fingerprint density at radius 2 is 1.85 bits per heavy atom. The van der Waals surface area contributed by atoms with Gasteiger partial charge in [-0.1, -0.05) is 12.1 Å². The zero-order valence-electron chi connectivity index (χ0n) is 7.44. The molecule has 0 atom stereocenters. The minimum absolute atomic E-state index is 0.323. The molecule has 1 aromatic carbocycles. The van der Waals surface area contributed by atoms with E-state index in [1.54, 1.807) is 6.07 Å². The fourth-order valence-corrected chi connectivity index (χ4v) is 1.43. The number of hydrogen-bond acceptors (Lipinski definition) is 1. The summed E-state index contributed by atoms with van der Waals surface area (Å²) in [6.07, 6.45) is 1.96. The maximum absolute atomic E-state index is 9.59. The van der Waals surface area contributed by atoms with Crippen molar-refractivity contribution < 1.29 is 5.11 Å². The number of nitrogens with zero attached hydrogens (tertiary/aromatic N) is 1. The molecule has 0 fully saturated rings. The van der Waals surface area contributed by atoms with Crippen molar-refractivity contribution in [1.82, 2.24) is 4.57 Å². The molecule has 0 saturated heterocycles. The molecule has 0 saturated carbocycles. The lowest BCUT2D eigenvalue weighted by Crippen LogP contribution is -1.88. The summed E-state index contributed by atoms with van der Waals surface area (Å²) in [5.41, 5.74) is 1.90. The lowest BCUT2D eigenvalue weighted by Gasteiger charge is -2.04. The van der Waals surface area contributed by atoms with Gasteiger partial charge < -0.3 is 9.67 Å². The second kappa shape index (κ2) is 2.98. The number of hydrogen-bond donors (Lipinski definition) is 1. The van der Waals surface area contributed by atoms with Crippen molar-refractivity contribution in [2.75, 3.05) is 0 Å². The molecule has 0 radical (unpaired) electrons. The van der Waals surface area contributed by atoms with Crippen molar-refractivity contribution >= 4 is 0 Å². The lowest BCUT2D eigenvalue weighted by atomic mass is 10.1. The number of rotatable bonds is 1. The van der Waals surface area contributed by atoms with Crippen LogP contribution < -0.4 is 0 Å². The molecule has 0 spiro atoms. The van der Waals surface area contributed by atoms with Crippen molar-refractivity contribution in [3.05, 3.63) is 42.6 Å². The molecule has 1 aromatic heterocycles. The molecular formula is C11H11NO. The van der Waals surface area contributed by atoms with Gasteiger partial charge in [0.05, 0.1) is 5.69 Å². The third-order valence-corrected chi connectivity index (χ3v) is 2.12. The summed E-state index contributed by atoms with van der Waals surface area (Å²) in [6, 6.07) is 11.3. The van der Waals surface area contributed by atoms with Crippen molar-refractivity contribution in [2.45, 2.75) is 0 Å². The van der Waals surface area contributed by atoms with E-state index in [1.807, 2.05) is 48.1 Å². The van der Waals surface area contributed by atoms with E-state index >= 15 is 0 Å². The Balaban J connectivity index is 2.59. The molecule has 2 rings (SSSR count). The van der Waals surface area contributed by atoms with E-state index in [0.29, 0.717) is 5.75 Å². The molecule has 1 N–H and O–H groups in total. The average molecular weight is 173 g/mol. The normalized spacial score (nSPS) is 10.2.